The van der Waals surface area contributed by atoms with Crippen molar-refractivity contribution in [3.63, 3.8) is 0 Å². The summed E-state index contributed by atoms with van der Waals surface area (Å²) in [4.78, 5) is 16.9. The molecule has 0 radical (unpaired) electrons. The number of nitrogens with zero attached hydrogens (tertiary/aromatic N) is 1. The molecule has 0 unspecified atom stereocenters. The van der Waals surface area contributed by atoms with Gasteiger partial charge in [-0.2, -0.15) is 0 Å². The predicted molar refractivity (Wildman–Crippen MR) is 80.8 cm³/mol. The van der Waals surface area contributed by atoms with Gasteiger partial charge in [-0.3, -0.25) is 0 Å². The van der Waals surface area contributed by atoms with E-state index in [-0.39, 0.29) is 10.9 Å². The highest BCUT2D eigenvalue weighted by Crippen LogP contribution is 2.26. The first-order valence-electron chi connectivity index (χ1n) is 6.79. The van der Waals surface area contributed by atoms with Crippen LogP contribution in [0.4, 0.5) is 0 Å². The Labute approximate surface area is 127 Å². The van der Waals surface area contributed by atoms with E-state index in [1.165, 1.54) is 6.42 Å². The molecule has 20 heavy (non-hydrogen) atoms. The third kappa shape index (κ3) is 4.96. The van der Waals surface area contributed by atoms with Gasteiger partial charge in [0.25, 0.3) is 0 Å². The van der Waals surface area contributed by atoms with Crippen molar-refractivity contribution < 1.29 is 14.4 Å². The van der Waals surface area contributed by atoms with Gasteiger partial charge in [0.15, 0.2) is 6.21 Å². The van der Waals surface area contributed by atoms with Gasteiger partial charge in [0.1, 0.15) is 12.7 Å². The van der Waals surface area contributed by atoms with E-state index in [0.717, 1.165) is 31.0 Å². The van der Waals surface area contributed by atoms with Crippen LogP contribution in [-0.2, 0) is 21.0 Å². The first kappa shape index (κ1) is 15.0. The second-order valence-corrected chi connectivity index (χ2v) is 5.95. The highest BCUT2D eigenvalue weighted by atomic mass is 79.9. The molecule has 1 saturated carbocycles. The van der Waals surface area contributed by atoms with Gasteiger partial charge in [-0.15, -0.1) is 0 Å². The van der Waals surface area contributed by atoms with Crippen LogP contribution in [0.15, 0.2) is 35.5 Å². The van der Waals surface area contributed by atoms with E-state index in [9.17, 15) is 4.79 Å². The summed E-state index contributed by atoms with van der Waals surface area (Å²) in [7, 11) is 0. The Morgan fingerprint density at radius 1 is 1.30 bits per heavy atom. The minimum Gasteiger partial charge on any atom is -0.457 e. The quantitative estimate of drug-likeness (QED) is 0.357. The Kier molecular flexibility index (Phi) is 6.05. The largest absolute Gasteiger partial charge is 0.457 e. The molecule has 2 rings (SSSR count). The number of esters is 1. The van der Waals surface area contributed by atoms with Crippen LogP contribution in [-0.4, -0.2) is 23.1 Å². The van der Waals surface area contributed by atoms with Crippen LogP contribution in [0, 0.1) is 0 Å². The second kappa shape index (κ2) is 8.04. The van der Waals surface area contributed by atoms with Crippen molar-refractivity contribution >= 4 is 28.1 Å². The third-order valence-electron chi connectivity index (χ3n) is 3.20. The minimum atomic E-state index is -0.450. The zero-order chi connectivity index (χ0) is 14.2. The number of rotatable bonds is 5. The van der Waals surface area contributed by atoms with Gasteiger partial charge in [-0.25, -0.2) is 4.79 Å². The predicted octanol–water partition coefficient (Wildman–Crippen LogP) is 3.44. The van der Waals surface area contributed by atoms with Gasteiger partial charge in [0.05, 0.1) is 4.83 Å². The van der Waals surface area contributed by atoms with Crippen LogP contribution in [0.5, 0.6) is 0 Å². The number of ether oxygens (including phenoxy) is 1. The molecule has 1 aromatic carbocycles. The van der Waals surface area contributed by atoms with E-state index >= 15 is 0 Å². The maximum absolute atomic E-state index is 11.6. The number of alkyl halides is 1. The minimum absolute atomic E-state index is 0.0585. The molecule has 1 aliphatic carbocycles. The van der Waals surface area contributed by atoms with Crippen LogP contribution < -0.4 is 0 Å². The molecule has 1 aliphatic rings. The van der Waals surface area contributed by atoms with Crippen molar-refractivity contribution in [3.8, 4) is 0 Å². The summed E-state index contributed by atoms with van der Waals surface area (Å²) in [6.07, 6.45) is 5.26. The lowest BCUT2D eigenvalue weighted by atomic mass is 9.98. The zero-order valence-corrected chi connectivity index (χ0v) is 12.8. The molecular formula is C15H18BrNO3. The number of hydrogen-bond donors (Lipinski definition) is 0. The lowest BCUT2D eigenvalue weighted by Gasteiger charge is -2.26. The van der Waals surface area contributed by atoms with Gasteiger partial charge in [-0.05, 0) is 24.8 Å². The van der Waals surface area contributed by atoms with Gasteiger partial charge in [0.2, 0.25) is 0 Å². The average molecular weight is 340 g/mol. The fourth-order valence-electron chi connectivity index (χ4n) is 2.13. The molecule has 5 heteroatoms. The van der Waals surface area contributed by atoms with E-state index in [4.69, 9.17) is 9.57 Å². The molecule has 108 valence electrons. The summed E-state index contributed by atoms with van der Waals surface area (Å²) in [5.74, 6) is -0.450. The maximum atomic E-state index is 11.6. The molecule has 0 heterocycles. The van der Waals surface area contributed by atoms with Crippen molar-refractivity contribution in [2.45, 2.75) is 43.2 Å². The van der Waals surface area contributed by atoms with Gasteiger partial charge >= 0.3 is 5.97 Å². The molecule has 0 N–H and O–H groups in total. The van der Waals surface area contributed by atoms with Crippen molar-refractivity contribution in [2.24, 2.45) is 5.16 Å². The Bertz CT molecular complexity index is 450. The SMILES string of the molecule is O=C(/C=N/OCc1ccccc1)O[C@@H]1CCCC[C@H]1Br. The second-order valence-electron chi connectivity index (χ2n) is 4.77. The average Bonchev–Trinajstić information content (AvgIpc) is 2.47. The number of carbonyl (C=O) groups excluding carboxylic acids is 1. The van der Waals surface area contributed by atoms with Crippen LogP contribution in [0.3, 0.4) is 0 Å². The summed E-state index contributed by atoms with van der Waals surface area (Å²) in [6.45, 7) is 0.342. The monoisotopic (exact) mass is 339 g/mol. The van der Waals surface area contributed by atoms with Crippen molar-refractivity contribution in [2.75, 3.05) is 0 Å². The van der Waals surface area contributed by atoms with E-state index < -0.39 is 5.97 Å². The number of hydrogen-bond acceptors (Lipinski definition) is 4. The lowest BCUT2D eigenvalue weighted by molar-refractivity contribution is -0.141. The third-order valence-corrected chi connectivity index (χ3v) is 4.24. The summed E-state index contributed by atoms with van der Waals surface area (Å²) in [6, 6.07) is 9.66. The van der Waals surface area contributed by atoms with Crippen LogP contribution in [0.2, 0.25) is 0 Å². The number of benzene rings is 1. The zero-order valence-electron chi connectivity index (χ0n) is 11.2. The summed E-state index contributed by atoms with van der Waals surface area (Å²) in [5.41, 5.74) is 1.01. The Hall–Kier alpha value is -1.36. The number of oxime groups is 1. The smallest absolute Gasteiger partial charge is 0.353 e. The molecule has 0 aliphatic heterocycles. The van der Waals surface area contributed by atoms with Crippen LogP contribution in [0.25, 0.3) is 0 Å². The van der Waals surface area contributed by atoms with Crippen molar-refractivity contribution in [1.29, 1.82) is 0 Å². The van der Waals surface area contributed by atoms with Crippen molar-refractivity contribution in [3.05, 3.63) is 35.9 Å². The van der Waals surface area contributed by atoms with E-state index in [2.05, 4.69) is 21.1 Å². The summed E-state index contributed by atoms with van der Waals surface area (Å²) in [5, 5.41) is 3.64. The first-order valence-corrected chi connectivity index (χ1v) is 7.71. The molecule has 4 nitrogen and oxygen atoms in total. The summed E-state index contributed by atoms with van der Waals surface area (Å²) >= 11 is 3.54. The normalized spacial score (nSPS) is 22.6. The molecule has 0 spiro atoms. The fraction of sp³-hybridized carbons (Fsp3) is 0.467. The molecule has 1 aromatic rings. The standard InChI is InChI=1S/C15H18BrNO3/c16-13-8-4-5-9-14(13)20-15(18)10-17-19-11-12-6-2-1-3-7-12/h1-3,6-7,10,13-14H,4-5,8-9,11H2/b17-10+/t13-,14-/m1/s1. The molecular weight excluding hydrogens is 322 g/mol. The lowest BCUT2D eigenvalue weighted by Crippen LogP contribution is -2.30. The van der Waals surface area contributed by atoms with Crippen LogP contribution >= 0.6 is 15.9 Å². The summed E-state index contributed by atoms with van der Waals surface area (Å²) < 4.78 is 5.34. The molecule has 2 atom stereocenters. The number of halogens is 1. The molecule has 0 bridgehead atoms. The highest BCUT2D eigenvalue weighted by Gasteiger charge is 2.25. The molecule has 0 amide bonds. The van der Waals surface area contributed by atoms with Gasteiger partial charge in [0, 0.05) is 0 Å². The van der Waals surface area contributed by atoms with E-state index in [1.807, 2.05) is 30.3 Å². The van der Waals surface area contributed by atoms with Gasteiger partial charge in [-0.1, -0.05) is 57.8 Å². The first-order chi connectivity index (χ1) is 9.75. The van der Waals surface area contributed by atoms with Gasteiger partial charge < -0.3 is 9.57 Å². The molecule has 1 fully saturated rings. The Balaban J connectivity index is 1.70. The Morgan fingerprint density at radius 2 is 2.05 bits per heavy atom. The van der Waals surface area contributed by atoms with Crippen molar-refractivity contribution in [1.82, 2.24) is 0 Å². The number of carbonyl (C=O) groups is 1. The molecule has 0 saturated heterocycles. The highest BCUT2D eigenvalue weighted by molar-refractivity contribution is 9.09. The maximum Gasteiger partial charge on any atom is 0.353 e. The van der Waals surface area contributed by atoms with E-state index in [1.54, 1.807) is 0 Å². The van der Waals surface area contributed by atoms with Crippen LogP contribution in [0.1, 0.15) is 31.2 Å². The topological polar surface area (TPSA) is 47.9 Å². The Morgan fingerprint density at radius 3 is 2.80 bits per heavy atom. The van der Waals surface area contributed by atoms with E-state index in [0.29, 0.717) is 6.61 Å². The fourth-order valence-corrected chi connectivity index (χ4v) is 2.83. The molecule has 0 aromatic heterocycles.